The minimum Gasteiger partial charge on any atom is -0.368 e. The Labute approximate surface area is 80.6 Å². The molecule has 0 fully saturated rings. The monoisotopic (exact) mass is 234 g/mol. The average molecular weight is 234 g/mol. The zero-order valence-corrected chi connectivity index (χ0v) is 7.36. The van der Waals surface area contributed by atoms with E-state index < -0.39 is 30.0 Å². The van der Waals surface area contributed by atoms with E-state index in [1.165, 1.54) is 0 Å². The van der Waals surface area contributed by atoms with Crippen LogP contribution in [-0.2, 0) is 9.59 Å². The summed E-state index contributed by atoms with van der Waals surface area (Å²) in [4.78, 5) is 20.7. The average Bonchev–Trinajstić information content (AvgIpc) is 2.01. The van der Waals surface area contributed by atoms with Crippen LogP contribution in [0.15, 0.2) is 0 Å². The van der Waals surface area contributed by atoms with Crippen molar-refractivity contribution < 1.29 is 31.5 Å². The van der Waals surface area contributed by atoms with Gasteiger partial charge in [-0.2, -0.15) is 22.0 Å². The Bertz CT molecular complexity index is 275. The molecule has 0 heterocycles. The Morgan fingerprint density at radius 2 is 1.60 bits per heavy atom. The molecular formula is C6H7F5N2O2. The van der Waals surface area contributed by atoms with Crippen molar-refractivity contribution in [3.8, 4) is 0 Å². The lowest BCUT2D eigenvalue weighted by molar-refractivity contribution is -0.270. The molecule has 9 heteroatoms. The fourth-order valence-electron chi connectivity index (χ4n) is 0.487. The summed E-state index contributed by atoms with van der Waals surface area (Å²) < 4.78 is 59.3. The number of carbonyl (C=O) groups is 2. The van der Waals surface area contributed by atoms with E-state index in [0.717, 1.165) is 12.2 Å². The number of nitrogens with two attached hydrogens (primary N) is 1. The van der Waals surface area contributed by atoms with E-state index >= 15 is 0 Å². The van der Waals surface area contributed by atoms with Crippen LogP contribution in [0.25, 0.3) is 0 Å². The Morgan fingerprint density at radius 1 is 1.20 bits per heavy atom. The molecule has 0 saturated carbocycles. The molecule has 1 unspecified atom stereocenters. The molecule has 0 saturated heterocycles. The first kappa shape index (κ1) is 13.6. The van der Waals surface area contributed by atoms with E-state index in [4.69, 9.17) is 0 Å². The SMILES string of the molecule is CC(NC(=O)C(F)(F)C(F)(F)F)C(N)=O. The van der Waals surface area contributed by atoms with E-state index in [2.05, 4.69) is 5.73 Å². The molecule has 4 nitrogen and oxygen atoms in total. The summed E-state index contributed by atoms with van der Waals surface area (Å²) in [5, 5.41) is 1.14. The molecule has 2 amide bonds. The van der Waals surface area contributed by atoms with Gasteiger partial charge >= 0.3 is 18.0 Å². The van der Waals surface area contributed by atoms with Gasteiger partial charge < -0.3 is 11.1 Å². The smallest absolute Gasteiger partial charge is 0.368 e. The third-order valence-electron chi connectivity index (χ3n) is 1.42. The van der Waals surface area contributed by atoms with E-state index in [1.807, 2.05) is 0 Å². The van der Waals surface area contributed by atoms with Crippen LogP contribution in [0, 0.1) is 0 Å². The standard InChI is InChI=1S/C6H7F5N2O2/c1-2(3(12)14)13-4(15)5(7,8)6(9,10)11/h2H,1H3,(H2,12,14)(H,13,15). The van der Waals surface area contributed by atoms with Gasteiger partial charge in [0.1, 0.15) is 6.04 Å². The van der Waals surface area contributed by atoms with Crippen molar-refractivity contribution in [2.45, 2.75) is 25.1 Å². The molecular weight excluding hydrogens is 227 g/mol. The fraction of sp³-hybridized carbons (Fsp3) is 0.667. The Morgan fingerprint density at radius 3 is 1.87 bits per heavy atom. The zero-order chi connectivity index (χ0) is 12.4. The normalized spacial score (nSPS) is 14.5. The van der Waals surface area contributed by atoms with Gasteiger partial charge in [0, 0.05) is 0 Å². The first-order chi connectivity index (χ1) is 6.50. The Balaban J connectivity index is 4.66. The summed E-state index contributed by atoms with van der Waals surface area (Å²) >= 11 is 0. The molecule has 0 aliphatic rings. The predicted molar refractivity (Wildman–Crippen MR) is 37.8 cm³/mol. The van der Waals surface area contributed by atoms with Crippen LogP contribution in [-0.4, -0.2) is 30.0 Å². The third-order valence-corrected chi connectivity index (χ3v) is 1.42. The predicted octanol–water partition coefficient (Wildman–Crippen LogP) is 0.174. The highest BCUT2D eigenvalue weighted by molar-refractivity contribution is 5.90. The molecule has 3 N–H and O–H groups in total. The lowest BCUT2D eigenvalue weighted by Crippen LogP contribution is -2.54. The Kier molecular flexibility index (Phi) is 3.61. The van der Waals surface area contributed by atoms with Gasteiger partial charge in [-0.15, -0.1) is 0 Å². The van der Waals surface area contributed by atoms with Gasteiger partial charge in [-0.1, -0.05) is 0 Å². The van der Waals surface area contributed by atoms with Gasteiger partial charge in [-0.3, -0.25) is 9.59 Å². The summed E-state index contributed by atoms with van der Waals surface area (Å²) in [6.45, 7) is 0.882. The number of alkyl halides is 5. The molecule has 0 aromatic carbocycles. The molecule has 0 aromatic heterocycles. The van der Waals surface area contributed by atoms with Crippen LogP contribution in [0.5, 0.6) is 0 Å². The number of rotatable bonds is 3. The van der Waals surface area contributed by atoms with Crippen LogP contribution in [0.3, 0.4) is 0 Å². The Hall–Kier alpha value is -1.41. The molecule has 0 aliphatic carbocycles. The van der Waals surface area contributed by atoms with Crippen molar-refractivity contribution in [2.24, 2.45) is 5.73 Å². The molecule has 15 heavy (non-hydrogen) atoms. The molecule has 0 aromatic rings. The first-order valence-corrected chi connectivity index (χ1v) is 3.55. The van der Waals surface area contributed by atoms with Crippen LogP contribution < -0.4 is 11.1 Å². The molecule has 0 aliphatic heterocycles. The topological polar surface area (TPSA) is 72.2 Å². The summed E-state index contributed by atoms with van der Waals surface area (Å²) in [5.41, 5.74) is 4.56. The maximum absolute atomic E-state index is 12.3. The van der Waals surface area contributed by atoms with Gasteiger partial charge in [0.2, 0.25) is 5.91 Å². The van der Waals surface area contributed by atoms with E-state index in [9.17, 15) is 31.5 Å². The highest BCUT2D eigenvalue weighted by Gasteiger charge is 2.63. The van der Waals surface area contributed by atoms with Crippen molar-refractivity contribution in [1.29, 1.82) is 0 Å². The van der Waals surface area contributed by atoms with Crippen LogP contribution >= 0.6 is 0 Å². The second-order valence-corrected chi connectivity index (χ2v) is 2.67. The number of hydrogen-bond acceptors (Lipinski definition) is 2. The van der Waals surface area contributed by atoms with Crippen molar-refractivity contribution >= 4 is 11.8 Å². The highest BCUT2D eigenvalue weighted by Crippen LogP contribution is 2.35. The number of carbonyl (C=O) groups excluding carboxylic acids is 2. The van der Waals surface area contributed by atoms with E-state index in [0.29, 0.717) is 0 Å². The third kappa shape index (κ3) is 3.03. The van der Waals surface area contributed by atoms with Gasteiger partial charge in [-0.25, -0.2) is 0 Å². The number of halogens is 5. The maximum atomic E-state index is 12.3. The van der Waals surface area contributed by atoms with Crippen molar-refractivity contribution in [2.75, 3.05) is 0 Å². The molecule has 1 atom stereocenters. The summed E-state index contributed by atoms with van der Waals surface area (Å²) in [5.74, 6) is -9.38. The number of amides is 2. The molecule has 88 valence electrons. The minimum atomic E-state index is -6.01. The highest BCUT2D eigenvalue weighted by atomic mass is 19.4. The van der Waals surface area contributed by atoms with Gasteiger partial charge in [0.05, 0.1) is 0 Å². The van der Waals surface area contributed by atoms with Crippen LogP contribution in [0.4, 0.5) is 22.0 Å². The zero-order valence-electron chi connectivity index (χ0n) is 7.36. The van der Waals surface area contributed by atoms with Gasteiger partial charge in [-0.05, 0) is 6.92 Å². The summed E-state index contributed by atoms with van der Waals surface area (Å²) in [7, 11) is 0. The molecule has 0 rings (SSSR count). The molecule has 0 bridgehead atoms. The molecule has 0 radical (unpaired) electrons. The van der Waals surface area contributed by atoms with Crippen molar-refractivity contribution in [1.82, 2.24) is 5.32 Å². The maximum Gasteiger partial charge on any atom is 0.463 e. The van der Waals surface area contributed by atoms with Gasteiger partial charge in [0.25, 0.3) is 0 Å². The minimum absolute atomic E-state index is 0.882. The van der Waals surface area contributed by atoms with Gasteiger partial charge in [0.15, 0.2) is 0 Å². The number of nitrogens with one attached hydrogen (secondary N) is 1. The largest absolute Gasteiger partial charge is 0.463 e. The van der Waals surface area contributed by atoms with Crippen molar-refractivity contribution in [3.05, 3.63) is 0 Å². The fourth-order valence-corrected chi connectivity index (χ4v) is 0.487. The number of hydrogen-bond donors (Lipinski definition) is 2. The molecule has 0 spiro atoms. The summed E-state index contributed by atoms with van der Waals surface area (Å²) in [6, 6.07) is -1.61. The van der Waals surface area contributed by atoms with E-state index in [1.54, 1.807) is 0 Å². The van der Waals surface area contributed by atoms with E-state index in [-0.39, 0.29) is 0 Å². The van der Waals surface area contributed by atoms with Crippen LogP contribution in [0.2, 0.25) is 0 Å². The van der Waals surface area contributed by atoms with Crippen LogP contribution in [0.1, 0.15) is 6.92 Å². The lowest BCUT2D eigenvalue weighted by atomic mass is 10.2. The summed E-state index contributed by atoms with van der Waals surface area (Å²) in [6.07, 6.45) is -6.01. The van der Waals surface area contributed by atoms with Crippen molar-refractivity contribution in [3.63, 3.8) is 0 Å². The second-order valence-electron chi connectivity index (χ2n) is 2.67. The lowest BCUT2D eigenvalue weighted by Gasteiger charge is -2.20. The number of primary amides is 1. The first-order valence-electron chi connectivity index (χ1n) is 3.55. The quantitative estimate of drug-likeness (QED) is 0.683. The second kappa shape index (κ2) is 3.99.